The van der Waals surface area contributed by atoms with E-state index in [0.717, 1.165) is 53.1 Å². The molecule has 0 bridgehead atoms. The van der Waals surface area contributed by atoms with Crippen LogP contribution in [0.15, 0.2) is 51.1 Å². The van der Waals surface area contributed by atoms with Crippen LogP contribution in [0, 0.1) is 18.3 Å². The molecule has 0 amide bonds. The van der Waals surface area contributed by atoms with Crippen molar-refractivity contribution in [2.45, 2.75) is 56.6 Å². The number of anilines is 1. The highest BCUT2D eigenvalue weighted by Crippen LogP contribution is 2.50. The molecule has 2 heterocycles. The number of carbonyl (C=O) groups excluding carboxylic acids is 1. The summed E-state index contributed by atoms with van der Waals surface area (Å²) in [5.74, 6) is 1.02. The molecule has 4 rings (SSSR count). The third-order valence-electron chi connectivity index (χ3n) is 6.10. The van der Waals surface area contributed by atoms with Gasteiger partial charge in [-0.2, -0.15) is 5.26 Å². The number of nitrogens with zero attached hydrogens (tertiary/aromatic N) is 2. The lowest BCUT2D eigenvalue weighted by molar-refractivity contribution is -0.116. The number of allylic oxidation sites excluding steroid dienone is 3. The third-order valence-corrected chi connectivity index (χ3v) is 8.99. The van der Waals surface area contributed by atoms with E-state index in [0.29, 0.717) is 22.8 Å². The lowest BCUT2D eigenvalue weighted by atomic mass is 9.76. The number of thioether (sulfide) groups is 1. The van der Waals surface area contributed by atoms with Gasteiger partial charge in [-0.3, -0.25) is 9.69 Å². The fraction of sp³-hybridized carbons (Fsp3) is 0.360. The first-order chi connectivity index (χ1) is 15.4. The van der Waals surface area contributed by atoms with Crippen molar-refractivity contribution in [3.8, 4) is 6.07 Å². The molecule has 1 aromatic carbocycles. The quantitative estimate of drug-likeness (QED) is 0.479. The Morgan fingerprint density at radius 2 is 2.12 bits per heavy atom. The lowest BCUT2D eigenvalue weighted by Gasteiger charge is -2.40. The second-order valence-corrected chi connectivity index (χ2v) is 11.0. The Hall–Kier alpha value is -2.20. The first kappa shape index (κ1) is 23.0. The van der Waals surface area contributed by atoms with Crippen LogP contribution in [0.5, 0.6) is 0 Å². The van der Waals surface area contributed by atoms with Gasteiger partial charge < -0.3 is 5.73 Å². The summed E-state index contributed by atoms with van der Waals surface area (Å²) in [6, 6.07) is 10.2. The monoisotopic (exact) mass is 483 g/mol. The summed E-state index contributed by atoms with van der Waals surface area (Å²) in [4.78, 5) is 16.5. The van der Waals surface area contributed by atoms with E-state index in [4.69, 9.17) is 17.3 Å². The topological polar surface area (TPSA) is 70.1 Å². The standard InChI is InChI=1S/C25H26ClN3OS2/c1-4-15-12-16(25(32-15)31-5-2)22-17(13-27)24(28)29(19-9-6-8-18(26)14(19)3)20-10-7-11-21(30)23(20)22/h6,8-9,12,22H,4-5,7,10-11,28H2,1-3H3. The number of hydrogen-bond donors (Lipinski definition) is 1. The highest BCUT2D eigenvalue weighted by Gasteiger charge is 2.42. The summed E-state index contributed by atoms with van der Waals surface area (Å²) in [6.45, 7) is 6.19. The number of hydrogen-bond acceptors (Lipinski definition) is 6. The maximum absolute atomic E-state index is 13.4. The molecular weight excluding hydrogens is 458 g/mol. The molecule has 1 aliphatic carbocycles. The van der Waals surface area contributed by atoms with Crippen molar-refractivity contribution >= 4 is 46.2 Å². The van der Waals surface area contributed by atoms with Gasteiger partial charge in [0, 0.05) is 27.6 Å². The molecule has 1 unspecified atom stereocenters. The summed E-state index contributed by atoms with van der Waals surface area (Å²) in [6.07, 6.45) is 2.93. The number of ketones is 1. The van der Waals surface area contributed by atoms with Crippen molar-refractivity contribution in [1.29, 1.82) is 5.26 Å². The number of halogens is 1. The molecule has 7 heteroatoms. The van der Waals surface area contributed by atoms with Gasteiger partial charge >= 0.3 is 0 Å². The molecule has 2 aliphatic rings. The van der Waals surface area contributed by atoms with Gasteiger partial charge in [-0.1, -0.05) is 31.5 Å². The van der Waals surface area contributed by atoms with Gasteiger partial charge in [-0.25, -0.2) is 0 Å². The fourth-order valence-corrected chi connectivity index (χ4v) is 7.12. The number of thiophene rings is 1. The molecule has 2 N–H and O–H groups in total. The van der Waals surface area contributed by atoms with Crippen molar-refractivity contribution in [1.82, 2.24) is 0 Å². The number of nitrogens with two attached hydrogens (primary N) is 1. The predicted molar refractivity (Wildman–Crippen MR) is 134 cm³/mol. The molecule has 4 nitrogen and oxygen atoms in total. The predicted octanol–water partition coefficient (Wildman–Crippen LogP) is 6.69. The number of Topliss-reactive ketones (excluding diaryl/α,β-unsaturated/α-hetero) is 1. The van der Waals surface area contributed by atoms with E-state index in [9.17, 15) is 10.1 Å². The summed E-state index contributed by atoms with van der Waals surface area (Å²) < 4.78 is 1.17. The van der Waals surface area contributed by atoms with Crippen molar-refractivity contribution in [2.75, 3.05) is 10.7 Å². The van der Waals surface area contributed by atoms with Crippen LogP contribution < -0.4 is 10.6 Å². The van der Waals surface area contributed by atoms with Crippen LogP contribution in [0.25, 0.3) is 0 Å². The third kappa shape index (κ3) is 3.77. The molecular formula is C25H26ClN3OS2. The summed E-state index contributed by atoms with van der Waals surface area (Å²) in [5.41, 5.74) is 11.5. The maximum atomic E-state index is 13.4. The highest BCUT2D eigenvalue weighted by molar-refractivity contribution is 8.01. The van der Waals surface area contributed by atoms with Crippen LogP contribution in [-0.2, 0) is 11.2 Å². The van der Waals surface area contributed by atoms with Crippen molar-refractivity contribution in [2.24, 2.45) is 5.73 Å². The van der Waals surface area contributed by atoms with Gasteiger partial charge in [0.25, 0.3) is 0 Å². The van der Waals surface area contributed by atoms with E-state index in [1.165, 1.54) is 9.09 Å². The lowest BCUT2D eigenvalue weighted by Crippen LogP contribution is -2.39. The summed E-state index contributed by atoms with van der Waals surface area (Å²) >= 11 is 9.95. The number of rotatable bonds is 5. The van der Waals surface area contributed by atoms with Gasteiger partial charge in [0.05, 0.1) is 27.5 Å². The largest absolute Gasteiger partial charge is 0.384 e. The minimum atomic E-state index is -0.413. The molecule has 0 spiro atoms. The molecule has 1 atom stereocenters. The van der Waals surface area contributed by atoms with Crippen LogP contribution in [0.2, 0.25) is 5.02 Å². The average molecular weight is 484 g/mol. The van der Waals surface area contributed by atoms with Crippen molar-refractivity contribution in [3.63, 3.8) is 0 Å². The van der Waals surface area contributed by atoms with Crippen LogP contribution in [0.1, 0.15) is 55.0 Å². The Morgan fingerprint density at radius 3 is 2.81 bits per heavy atom. The molecule has 0 fully saturated rings. The molecule has 32 heavy (non-hydrogen) atoms. The van der Waals surface area contributed by atoms with Gasteiger partial charge in [-0.15, -0.1) is 23.1 Å². The second kappa shape index (κ2) is 9.35. The van der Waals surface area contributed by atoms with Crippen LogP contribution >= 0.6 is 34.7 Å². The van der Waals surface area contributed by atoms with E-state index >= 15 is 0 Å². The van der Waals surface area contributed by atoms with Crippen LogP contribution in [0.3, 0.4) is 0 Å². The number of aryl methyl sites for hydroxylation is 1. The molecule has 2 aromatic rings. The van der Waals surface area contributed by atoms with Crippen molar-refractivity contribution < 1.29 is 4.79 Å². The number of nitriles is 1. The Bertz CT molecular complexity index is 1190. The molecule has 166 valence electrons. The fourth-order valence-electron chi connectivity index (χ4n) is 4.57. The van der Waals surface area contributed by atoms with E-state index in [1.54, 1.807) is 23.1 Å². The molecule has 1 aromatic heterocycles. The Balaban J connectivity index is 2.00. The summed E-state index contributed by atoms with van der Waals surface area (Å²) in [7, 11) is 0. The van der Waals surface area contributed by atoms with Crippen molar-refractivity contribution in [3.05, 3.63) is 68.0 Å². The first-order valence-corrected chi connectivity index (χ1v) is 13.1. The normalized spacial score (nSPS) is 18.8. The van der Waals surface area contributed by atoms with E-state index in [1.807, 2.05) is 30.0 Å². The molecule has 0 saturated carbocycles. The van der Waals surface area contributed by atoms with Gasteiger partial charge in [0.2, 0.25) is 0 Å². The zero-order valence-corrected chi connectivity index (χ0v) is 20.9. The first-order valence-electron chi connectivity index (χ1n) is 10.9. The van der Waals surface area contributed by atoms with E-state index in [2.05, 4.69) is 26.0 Å². The smallest absolute Gasteiger partial charge is 0.161 e. The van der Waals surface area contributed by atoms with Gasteiger partial charge in [0.15, 0.2) is 5.78 Å². The second-order valence-electron chi connectivity index (χ2n) is 7.94. The van der Waals surface area contributed by atoms with E-state index < -0.39 is 5.92 Å². The average Bonchev–Trinajstić information content (AvgIpc) is 3.18. The van der Waals surface area contributed by atoms with Crippen LogP contribution in [0.4, 0.5) is 5.69 Å². The van der Waals surface area contributed by atoms with Crippen LogP contribution in [-0.4, -0.2) is 11.5 Å². The van der Waals surface area contributed by atoms with Gasteiger partial charge in [0.1, 0.15) is 5.82 Å². The number of carbonyl (C=O) groups is 1. The Labute approximate surface area is 202 Å². The highest BCUT2D eigenvalue weighted by atomic mass is 35.5. The summed E-state index contributed by atoms with van der Waals surface area (Å²) in [5, 5.41) is 10.9. The Kier molecular flexibility index (Phi) is 6.71. The minimum Gasteiger partial charge on any atom is -0.384 e. The van der Waals surface area contributed by atoms with Gasteiger partial charge in [-0.05, 0) is 61.3 Å². The molecule has 1 aliphatic heterocycles. The molecule has 0 saturated heterocycles. The zero-order valence-electron chi connectivity index (χ0n) is 18.5. The molecule has 0 radical (unpaired) electrons. The van der Waals surface area contributed by atoms with E-state index in [-0.39, 0.29) is 5.78 Å². The SMILES string of the molecule is CCSc1sc(CC)cc1C1C(C#N)=C(N)N(c2cccc(Cl)c2C)C2=C1C(=O)CCC2. The maximum Gasteiger partial charge on any atom is 0.161 e. The minimum absolute atomic E-state index is 0.109. The zero-order chi connectivity index (χ0) is 23.0. The number of benzene rings is 1. The Morgan fingerprint density at radius 1 is 1.34 bits per heavy atom.